The van der Waals surface area contributed by atoms with Crippen LogP contribution in [0.5, 0.6) is 0 Å². The van der Waals surface area contributed by atoms with Crippen molar-refractivity contribution in [2.45, 2.75) is 64.7 Å². The Morgan fingerprint density at radius 1 is 1.16 bits per heavy atom. The predicted molar refractivity (Wildman–Crippen MR) is 80.4 cm³/mol. The van der Waals surface area contributed by atoms with Gasteiger partial charge in [-0.3, -0.25) is 4.90 Å². The smallest absolute Gasteiger partial charge is 0.0678 e. The molecule has 5 atom stereocenters. The van der Waals surface area contributed by atoms with Gasteiger partial charge in [-0.2, -0.15) is 0 Å². The second-order valence-corrected chi connectivity index (χ2v) is 6.72. The molecule has 1 aliphatic heterocycles. The minimum Gasteiger partial charge on any atom is -0.373 e. The van der Waals surface area contributed by atoms with E-state index < -0.39 is 0 Å². The van der Waals surface area contributed by atoms with Crippen molar-refractivity contribution in [3.63, 3.8) is 0 Å². The van der Waals surface area contributed by atoms with Crippen LogP contribution in [0.15, 0.2) is 0 Å². The van der Waals surface area contributed by atoms with Crippen LogP contribution in [0, 0.1) is 11.8 Å². The van der Waals surface area contributed by atoms with Gasteiger partial charge in [-0.25, -0.2) is 0 Å². The SMILES string of the molecule is CCC1CCC(NC)C(CN2C[C@@H](C)O[C@@H](C)C2)C1. The normalized spacial score (nSPS) is 41.4. The maximum atomic E-state index is 5.84. The number of morpholine rings is 1. The summed E-state index contributed by atoms with van der Waals surface area (Å²) in [5.74, 6) is 1.77. The van der Waals surface area contributed by atoms with Crippen molar-refractivity contribution in [3.8, 4) is 0 Å². The molecule has 1 saturated heterocycles. The van der Waals surface area contributed by atoms with E-state index in [1.54, 1.807) is 0 Å². The lowest BCUT2D eigenvalue weighted by atomic mass is 9.76. The van der Waals surface area contributed by atoms with Crippen LogP contribution in [0.3, 0.4) is 0 Å². The van der Waals surface area contributed by atoms with E-state index in [-0.39, 0.29) is 0 Å². The number of nitrogens with zero attached hydrogens (tertiary/aromatic N) is 1. The first kappa shape index (κ1) is 15.3. The van der Waals surface area contributed by atoms with E-state index in [9.17, 15) is 0 Å². The first-order chi connectivity index (χ1) is 9.12. The van der Waals surface area contributed by atoms with Crippen LogP contribution in [-0.2, 0) is 4.74 Å². The molecular weight excluding hydrogens is 236 g/mol. The summed E-state index contributed by atoms with van der Waals surface area (Å²) in [7, 11) is 2.13. The molecule has 3 heteroatoms. The van der Waals surface area contributed by atoms with Crippen LogP contribution in [0.1, 0.15) is 46.5 Å². The van der Waals surface area contributed by atoms with Gasteiger partial charge in [-0.05, 0) is 52.0 Å². The van der Waals surface area contributed by atoms with E-state index in [1.165, 1.54) is 32.2 Å². The van der Waals surface area contributed by atoms with Crippen LogP contribution in [0.4, 0.5) is 0 Å². The molecule has 1 aliphatic carbocycles. The van der Waals surface area contributed by atoms with Gasteiger partial charge in [0.2, 0.25) is 0 Å². The first-order valence-electron chi connectivity index (χ1n) is 8.17. The summed E-state index contributed by atoms with van der Waals surface area (Å²) in [6.07, 6.45) is 6.30. The van der Waals surface area contributed by atoms with Crippen molar-refractivity contribution >= 4 is 0 Å². The van der Waals surface area contributed by atoms with Crippen LogP contribution >= 0.6 is 0 Å². The summed E-state index contributed by atoms with van der Waals surface area (Å²) >= 11 is 0. The molecule has 0 spiro atoms. The fraction of sp³-hybridized carbons (Fsp3) is 1.00. The molecule has 0 radical (unpaired) electrons. The minimum absolute atomic E-state index is 0.391. The van der Waals surface area contributed by atoms with E-state index in [0.29, 0.717) is 12.2 Å². The Morgan fingerprint density at radius 2 is 1.84 bits per heavy atom. The highest BCUT2D eigenvalue weighted by Crippen LogP contribution is 2.32. The highest BCUT2D eigenvalue weighted by Gasteiger charge is 2.32. The number of nitrogens with one attached hydrogen (secondary N) is 1. The zero-order valence-corrected chi connectivity index (χ0v) is 13.2. The molecule has 112 valence electrons. The van der Waals surface area contributed by atoms with E-state index in [0.717, 1.165) is 31.0 Å². The third-order valence-corrected chi connectivity index (χ3v) is 5.03. The third kappa shape index (κ3) is 4.17. The maximum absolute atomic E-state index is 5.84. The van der Waals surface area contributed by atoms with E-state index in [2.05, 4.69) is 38.0 Å². The molecule has 2 rings (SSSR count). The van der Waals surface area contributed by atoms with Crippen molar-refractivity contribution in [2.24, 2.45) is 11.8 Å². The zero-order chi connectivity index (χ0) is 13.8. The lowest BCUT2D eigenvalue weighted by molar-refractivity contribution is -0.0743. The van der Waals surface area contributed by atoms with Crippen molar-refractivity contribution in [3.05, 3.63) is 0 Å². The van der Waals surface area contributed by atoms with Crippen molar-refractivity contribution < 1.29 is 4.74 Å². The topological polar surface area (TPSA) is 24.5 Å². The van der Waals surface area contributed by atoms with Crippen LogP contribution in [0.25, 0.3) is 0 Å². The molecule has 0 aromatic carbocycles. The molecule has 2 fully saturated rings. The third-order valence-electron chi connectivity index (χ3n) is 5.03. The largest absolute Gasteiger partial charge is 0.373 e. The molecule has 0 aromatic heterocycles. The van der Waals surface area contributed by atoms with Gasteiger partial charge in [-0.15, -0.1) is 0 Å². The summed E-state index contributed by atoms with van der Waals surface area (Å²) in [6, 6.07) is 0.719. The fourth-order valence-corrected chi connectivity index (χ4v) is 4.08. The lowest BCUT2D eigenvalue weighted by Gasteiger charge is -2.42. The molecule has 1 heterocycles. The predicted octanol–water partition coefficient (Wildman–Crippen LogP) is 2.51. The van der Waals surface area contributed by atoms with Gasteiger partial charge < -0.3 is 10.1 Å². The summed E-state index contributed by atoms with van der Waals surface area (Å²) in [5.41, 5.74) is 0. The Labute approximate surface area is 119 Å². The Balaban J connectivity index is 1.90. The van der Waals surface area contributed by atoms with Crippen LogP contribution in [-0.4, -0.2) is 49.8 Å². The van der Waals surface area contributed by atoms with Crippen molar-refractivity contribution in [1.29, 1.82) is 0 Å². The molecule has 19 heavy (non-hydrogen) atoms. The summed E-state index contributed by atoms with van der Waals surface area (Å²) in [5, 5.41) is 3.55. The molecule has 2 aliphatic rings. The average molecular weight is 268 g/mol. The molecule has 0 aromatic rings. The van der Waals surface area contributed by atoms with Gasteiger partial charge in [0, 0.05) is 25.7 Å². The number of ether oxygens (including phenoxy) is 1. The van der Waals surface area contributed by atoms with Gasteiger partial charge >= 0.3 is 0 Å². The van der Waals surface area contributed by atoms with Crippen molar-refractivity contribution in [2.75, 3.05) is 26.7 Å². The van der Waals surface area contributed by atoms with E-state index in [1.807, 2.05) is 0 Å². The Morgan fingerprint density at radius 3 is 2.42 bits per heavy atom. The van der Waals surface area contributed by atoms with E-state index >= 15 is 0 Å². The lowest BCUT2D eigenvalue weighted by Crippen LogP contribution is -2.51. The second kappa shape index (κ2) is 7.05. The number of rotatable bonds is 4. The van der Waals surface area contributed by atoms with Gasteiger partial charge in [0.1, 0.15) is 0 Å². The number of hydrogen-bond donors (Lipinski definition) is 1. The van der Waals surface area contributed by atoms with Gasteiger partial charge in [-0.1, -0.05) is 13.3 Å². The minimum atomic E-state index is 0.391. The van der Waals surface area contributed by atoms with Crippen LogP contribution < -0.4 is 5.32 Å². The molecule has 3 nitrogen and oxygen atoms in total. The molecule has 1 saturated carbocycles. The highest BCUT2D eigenvalue weighted by atomic mass is 16.5. The van der Waals surface area contributed by atoms with Gasteiger partial charge in [0.15, 0.2) is 0 Å². The van der Waals surface area contributed by atoms with Crippen molar-refractivity contribution in [1.82, 2.24) is 10.2 Å². The standard InChI is InChI=1S/C16H32N2O/c1-5-14-6-7-16(17-4)15(8-14)11-18-9-12(2)19-13(3)10-18/h12-17H,5-11H2,1-4H3/t12-,13+,14?,15?,16?. The maximum Gasteiger partial charge on any atom is 0.0678 e. The summed E-state index contributed by atoms with van der Waals surface area (Å²) in [6.45, 7) is 10.2. The molecule has 3 unspecified atom stereocenters. The Hall–Kier alpha value is -0.120. The fourth-order valence-electron chi connectivity index (χ4n) is 4.08. The quantitative estimate of drug-likeness (QED) is 0.848. The highest BCUT2D eigenvalue weighted by molar-refractivity contribution is 4.87. The molecule has 0 bridgehead atoms. The Bertz CT molecular complexity index is 261. The molecular formula is C16H32N2O. The van der Waals surface area contributed by atoms with Gasteiger partial charge in [0.05, 0.1) is 12.2 Å². The molecule has 1 N–H and O–H groups in total. The van der Waals surface area contributed by atoms with Gasteiger partial charge in [0.25, 0.3) is 0 Å². The summed E-state index contributed by atoms with van der Waals surface area (Å²) < 4.78 is 5.84. The average Bonchev–Trinajstić information content (AvgIpc) is 2.37. The molecule has 0 amide bonds. The summed E-state index contributed by atoms with van der Waals surface area (Å²) in [4.78, 5) is 2.63. The zero-order valence-electron chi connectivity index (χ0n) is 13.2. The van der Waals surface area contributed by atoms with E-state index in [4.69, 9.17) is 4.74 Å². The van der Waals surface area contributed by atoms with Crippen LogP contribution in [0.2, 0.25) is 0 Å². The number of hydrogen-bond acceptors (Lipinski definition) is 3. The second-order valence-electron chi connectivity index (χ2n) is 6.72. The monoisotopic (exact) mass is 268 g/mol. The first-order valence-corrected chi connectivity index (χ1v) is 8.17. The Kier molecular flexibility index (Phi) is 5.67.